The number of carbonyl (C=O) groups excluding carboxylic acids is 2. The molecule has 0 saturated carbocycles. The second-order valence-corrected chi connectivity index (χ2v) is 4.55. The van der Waals surface area contributed by atoms with Gasteiger partial charge in [-0.15, -0.1) is 0 Å². The van der Waals surface area contributed by atoms with Gasteiger partial charge in [-0.2, -0.15) is 0 Å². The molecule has 0 radical (unpaired) electrons. The Hall–Kier alpha value is -2.33. The first-order valence-electron chi connectivity index (χ1n) is 5.90. The maximum Gasteiger partial charge on any atom is 0.343 e. The fourth-order valence-electron chi connectivity index (χ4n) is 1.62. The van der Waals surface area contributed by atoms with Crippen LogP contribution < -0.4 is 10.1 Å². The van der Waals surface area contributed by atoms with Gasteiger partial charge in [-0.25, -0.2) is 4.79 Å². The molecular formula is C15H12ClNO3. The van der Waals surface area contributed by atoms with E-state index in [4.69, 9.17) is 16.3 Å². The first-order chi connectivity index (χ1) is 9.54. The molecule has 0 aliphatic heterocycles. The zero-order valence-electron chi connectivity index (χ0n) is 10.7. The van der Waals surface area contributed by atoms with Crippen LogP contribution in [0.5, 0.6) is 5.75 Å². The molecule has 0 aliphatic carbocycles. The molecule has 0 atom stereocenters. The van der Waals surface area contributed by atoms with E-state index in [1.54, 1.807) is 48.5 Å². The Morgan fingerprint density at radius 3 is 2.55 bits per heavy atom. The van der Waals surface area contributed by atoms with E-state index in [0.29, 0.717) is 22.0 Å². The van der Waals surface area contributed by atoms with Gasteiger partial charge in [0.15, 0.2) is 0 Å². The smallest absolute Gasteiger partial charge is 0.343 e. The first kappa shape index (κ1) is 14.1. The van der Waals surface area contributed by atoms with E-state index < -0.39 is 5.97 Å². The predicted octanol–water partition coefficient (Wildman–Crippen LogP) is 3.52. The summed E-state index contributed by atoms with van der Waals surface area (Å²) in [6.07, 6.45) is 0. The number of anilines is 1. The molecule has 0 unspecified atom stereocenters. The highest BCUT2D eigenvalue weighted by Gasteiger charge is 2.09. The Labute approximate surface area is 121 Å². The monoisotopic (exact) mass is 289 g/mol. The van der Waals surface area contributed by atoms with E-state index in [0.717, 1.165) is 0 Å². The third-order valence-electron chi connectivity index (χ3n) is 2.43. The lowest BCUT2D eigenvalue weighted by atomic mass is 10.2. The third kappa shape index (κ3) is 3.83. The summed E-state index contributed by atoms with van der Waals surface area (Å²) >= 11 is 5.82. The molecule has 4 nitrogen and oxygen atoms in total. The molecule has 5 heteroatoms. The van der Waals surface area contributed by atoms with Gasteiger partial charge in [0.1, 0.15) is 5.75 Å². The van der Waals surface area contributed by atoms with Crippen LogP contribution in [0.3, 0.4) is 0 Å². The second kappa shape index (κ2) is 6.21. The van der Waals surface area contributed by atoms with E-state index >= 15 is 0 Å². The Kier molecular flexibility index (Phi) is 4.38. The molecule has 2 aromatic carbocycles. The van der Waals surface area contributed by atoms with Crippen LogP contribution in [0.2, 0.25) is 5.02 Å². The van der Waals surface area contributed by atoms with Crippen molar-refractivity contribution in [3.05, 3.63) is 59.1 Å². The zero-order chi connectivity index (χ0) is 14.5. The Morgan fingerprint density at radius 2 is 1.85 bits per heavy atom. The van der Waals surface area contributed by atoms with Crippen molar-refractivity contribution in [2.75, 3.05) is 5.32 Å². The highest BCUT2D eigenvalue weighted by Crippen LogP contribution is 2.19. The Bertz CT molecular complexity index is 655. The molecule has 0 aromatic heterocycles. The standard InChI is InChI=1S/C15H12ClNO3/c1-10(18)17-13-6-2-4-11(8-13)15(19)20-14-7-3-5-12(16)9-14/h2-9H,1H3,(H,17,18). The van der Waals surface area contributed by atoms with Crippen LogP contribution in [-0.2, 0) is 4.79 Å². The zero-order valence-corrected chi connectivity index (χ0v) is 11.5. The molecule has 0 fully saturated rings. The maximum absolute atomic E-state index is 12.0. The predicted molar refractivity (Wildman–Crippen MR) is 77.2 cm³/mol. The van der Waals surface area contributed by atoms with E-state index in [2.05, 4.69) is 5.32 Å². The molecule has 1 N–H and O–H groups in total. The van der Waals surface area contributed by atoms with Crippen molar-refractivity contribution in [2.24, 2.45) is 0 Å². The van der Waals surface area contributed by atoms with Gasteiger partial charge in [-0.1, -0.05) is 23.7 Å². The van der Waals surface area contributed by atoms with Crippen LogP contribution in [0.4, 0.5) is 5.69 Å². The van der Waals surface area contributed by atoms with Crippen LogP contribution in [0.1, 0.15) is 17.3 Å². The van der Waals surface area contributed by atoms with Crippen molar-refractivity contribution in [3.8, 4) is 5.75 Å². The number of rotatable bonds is 3. The van der Waals surface area contributed by atoms with Crippen molar-refractivity contribution in [2.45, 2.75) is 6.92 Å². The van der Waals surface area contributed by atoms with E-state index in [-0.39, 0.29) is 5.91 Å². The number of nitrogens with one attached hydrogen (secondary N) is 1. The molecule has 0 heterocycles. The van der Waals surface area contributed by atoms with Crippen LogP contribution >= 0.6 is 11.6 Å². The molecule has 0 saturated heterocycles. The number of ether oxygens (including phenoxy) is 1. The summed E-state index contributed by atoms with van der Waals surface area (Å²) in [5, 5.41) is 3.09. The average Bonchev–Trinajstić information content (AvgIpc) is 2.38. The van der Waals surface area contributed by atoms with Crippen molar-refractivity contribution >= 4 is 29.2 Å². The highest BCUT2D eigenvalue weighted by molar-refractivity contribution is 6.30. The molecule has 20 heavy (non-hydrogen) atoms. The highest BCUT2D eigenvalue weighted by atomic mass is 35.5. The van der Waals surface area contributed by atoms with Gasteiger partial charge in [0.25, 0.3) is 0 Å². The van der Waals surface area contributed by atoms with Crippen LogP contribution in [-0.4, -0.2) is 11.9 Å². The van der Waals surface area contributed by atoms with Gasteiger partial charge in [0, 0.05) is 17.6 Å². The van der Waals surface area contributed by atoms with Crippen molar-refractivity contribution in [1.82, 2.24) is 0 Å². The minimum absolute atomic E-state index is 0.203. The summed E-state index contributed by atoms with van der Waals surface area (Å²) in [6.45, 7) is 1.40. The number of carbonyl (C=O) groups is 2. The molecule has 0 bridgehead atoms. The van der Waals surface area contributed by atoms with E-state index in [9.17, 15) is 9.59 Å². The van der Waals surface area contributed by atoms with Gasteiger partial charge in [0.2, 0.25) is 5.91 Å². The molecule has 1 amide bonds. The van der Waals surface area contributed by atoms with E-state index in [1.165, 1.54) is 6.92 Å². The van der Waals surface area contributed by atoms with Crippen molar-refractivity contribution < 1.29 is 14.3 Å². The van der Waals surface area contributed by atoms with Crippen LogP contribution in [0.25, 0.3) is 0 Å². The summed E-state index contributed by atoms with van der Waals surface area (Å²) < 4.78 is 5.21. The summed E-state index contributed by atoms with van der Waals surface area (Å²) in [4.78, 5) is 23.0. The molecule has 2 rings (SSSR count). The number of hydrogen-bond acceptors (Lipinski definition) is 3. The number of benzene rings is 2. The maximum atomic E-state index is 12.0. The summed E-state index contributed by atoms with van der Waals surface area (Å²) in [5.74, 6) is -0.350. The first-order valence-corrected chi connectivity index (χ1v) is 6.28. The molecule has 102 valence electrons. The Morgan fingerprint density at radius 1 is 1.10 bits per heavy atom. The van der Waals surface area contributed by atoms with Gasteiger partial charge < -0.3 is 10.1 Å². The molecule has 0 aliphatic rings. The summed E-state index contributed by atoms with van der Waals surface area (Å²) in [7, 11) is 0. The minimum Gasteiger partial charge on any atom is -0.423 e. The van der Waals surface area contributed by atoms with Gasteiger partial charge in [0.05, 0.1) is 5.56 Å². The summed E-state index contributed by atoms with van der Waals surface area (Å²) in [6, 6.07) is 13.1. The van der Waals surface area contributed by atoms with Gasteiger partial charge in [-0.05, 0) is 36.4 Å². The lowest BCUT2D eigenvalue weighted by molar-refractivity contribution is -0.114. The molecule has 0 spiro atoms. The normalized spacial score (nSPS) is 9.90. The second-order valence-electron chi connectivity index (χ2n) is 4.11. The third-order valence-corrected chi connectivity index (χ3v) is 2.66. The largest absolute Gasteiger partial charge is 0.423 e. The van der Waals surface area contributed by atoms with Crippen molar-refractivity contribution in [3.63, 3.8) is 0 Å². The molecular weight excluding hydrogens is 278 g/mol. The fourth-order valence-corrected chi connectivity index (χ4v) is 1.80. The van der Waals surface area contributed by atoms with Crippen LogP contribution in [0.15, 0.2) is 48.5 Å². The number of hydrogen-bond donors (Lipinski definition) is 1. The number of esters is 1. The van der Waals surface area contributed by atoms with Gasteiger partial charge in [-0.3, -0.25) is 4.79 Å². The molecule has 2 aromatic rings. The topological polar surface area (TPSA) is 55.4 Å². The SMILES string of the molecule is CC(=O)Nc1cccc(C(=O)Oc2cccc(Cl)c2)c1. The van der Waals surface area contributed by atoms with E-state index in [1.807, 2.05) is 0 Å². The average molecular weight is 290 g/mol. The number of halogens is 1. The quantitative estimate of drug-likeness (QED) is 0.695. The van der Waals surface area contributed by atoms with Gasteiger partial charge >= 0.3 is 5.97 Å². The lowest BCUT2D eigenvalue weighted by Gasteiger charge is -2.06. The number of amides is 1. The Balaban J connectivity index is 2.15. The van der Waals surface area contributed by atoms with Crippen molar-refractivity contribution in [1.29, 1.82) is 0 Å². The minimum atomic E-state index is -0.514. The van der Waals surface area contributed by atoms with Crippen LogP contribution in [0, 0.1) is 0 Å². The lowest BCUT2D eigenvalue weighted by Crippen LogP contribution is -2.10. The fraction of sp³-hybridized carbons (Fsp3) is 0.0667. The summed E-state index contributed by atoms with van der Waals surface area (Å²) in [5.41, 5.74) is 0.884.